The predicted octanol–water partition coefficient (Wildman–Crippen LogP) is 4.80. The van der Waals surface area contributed by atoms with Crippen molar-refractivity contribution in [2.24, 2.45) is 0 Å². The zero-order valence-corrected chi connectivity index (χ0v) is 19.6. The molecule has 1 aromatic heterocycles. The van der Waals surface area contributed by atoms with Gasteiger partial charge in [0.25, 0.3) is 0 Å². The second-order valence-corrected chi connectivity index (χ2v) is 15.3. The normalized spacial score (nSPS) is 19.7. The van der Waals surface area contributed by atoms with Gasteiger partial charge in [0.1, 0.15) is 5.75 Å². The van der Waals surface area contributed by atoms with Crippen molar-refractivity contribution in [3.8, 4) is 5.75 Å². The van der Waals surface area contributed by atoms with E-state index in [0.717, 1.165) is 16.6 Å². The van der Waals surface area contributed by atoms with Crippen molar-refractivity contribution < 1.29 is 14.0 Å². The molecular weight excluding hydrogens is 353 g/mol. The molecule has 3 rings (SSSR count). The minimum absolute atomic E-state index is 0.214. The van der Waals surface area contributed by atoms with E-state index in [-0.39, 0.29) is 23.4 Å². The Morgan fingerprint density at radius 3 is 2.07 bits per heavy atom. The summed E-state index contributed by atoms with van der Waals surface area (Å²) in [6.45, 7) is 20.2. The molecule has 2 aromatic rings. The van der Waals surface area contributed by atoms with Gasteiger partial charge in [0.15, 0.2) is 8.24 Å². The molecule has 0 radical (unpaired) electrons. The van der Waals surface area contributed by atoms with Crippen molar-refractivity contribution in [3.05, 3.63) is 24.4 Å². The molecule has 1 fully saturated rings. The van der Waals surface area contributed by atoms with Crippen LogP contribution in [0.5, 0.6) is 5.75 Å². The van der Waals surface area contributed by atoms with Crippen LogP contribution in [0.1, 0.15) is 48.5 Å². The van der Waals surface area contributed by atoms with Gasteiger partial charge in [-0.15, -0.1) is 0 Å². The minimum Gasteiger partial charge on any atom is -0.497 e. The smallest absolute Gasteiger partial charge is 0.497 e. The molecular formula is C21H34BNO3Si. The number of fused-ring (bicyclic) bond motifs is 1. The Kier molecular flexibility index (Phi) is 4.65. The lowest BCUT2D eigenvalue weighted by molar-refractivity contribution is 0.00578. The first-order chi connectivity index (χ1) is 12.2. The number of ether oxygens (including phenoxy) is 1. The van der Waals surface area contributed by atoms with Gasteiger partial charge in [-0.3, -0.25) is 0 Å². The summed E-state index contributed by atoms with van der Waals surface area (Å²) in [5.41, 5.74) is 1.60. The first-order valence-corrected chi connectivity index (χ1v) is 12.7. The number of aromatic nitrogens is 1. The highest BCUT2D eigenvalue weighted by molar-refractivity contribution is 6.80. The third-order valence-electron chi connectivity index (χ3n) is 6.99. The van der Waals surface area contributed by atoms with Crippen LogP contribution >= 0.6 is 0 Å². The molecule has 27 heavy (non-hydrogen) atoms. The first kappa shape index (κ1) is 20.5. The summed E-state index contributed by atoms with van der Waals surface area (Å²) >= 11 is 0. The van der Waals surface area contributed by atoms with E-state index in [4.69, 9.17) is 14.0 Å². The summed E-state index contributed by atoms with van der Waals surface area (Å²) in [6, 6.07) is 6.32. The van der Waals surface area contributed by atoms with E-state index in [1.54, 1.807) is 7.11 Å². The first-order valence-electron chi connectivity index (χ1n) is 9.76. The lowest BCUT2D eigenvalue weighted by atomic mass is 9.79. The number of methoxy groups -OCH3 is 1. The van der Waals surface area contributed by atoms with Crippen molar-refractivity contribution in [2.45, 2.75) is 77.8 Å². The standard InChI is InChI=1S/C21H34BNO3Si/c1-19(2,3)27(9,10)23-14-17(16-13-15(24-8)11-12-18(16)23)22-25-20(4,5)21(6,7)26-22/h11-14H,1-10H3. The van der Waals surface area contributed by atoms with Crippen LogP contribution in [0.3, 0.4) is 0 Å². The molecule has 0 atom stereocenters. The zero-order chi connectivity index (χ0) is 20.4. The van der Waals surface area contributed by atoms with Crippen LogP contribution < -0.4 is 10.2 Å². The van der Waals surface area contributed by atoms with Gasteiger partial charge in [-0.25, -0.2) is 0 Å². The maximum absolute atomic E-state index is 6.38. The number of rotatable bonds is 3. The number of hydrogen-bond acceptors (Lipinski definition) is 3. The number of hydrogen-bond donors (Lipinski definition) is 0. The molecule has 0 saturated carbocycles. The highest BCUT2D eigenvalue weighted by Crippen LogP contribution is 2.41. The van der Waals surface area contributed by atoms with E-state index in [1.807, 2.05) is 6.07 Å². The van der Waals surface area contributed by atoms with E-state index < -0.39 is 8.24 Å². The molecule has 2 heterocycles. The van der Waals surface area contributed by atoms with E-state index in [9.17, 15) is 0 Å². The Morgan fingerprint density at radius 1 is 1.04 bits per heavy atom. The maximum atomic E-state index is 6.38. The average Bonchev–Trinajstić information content (AvgIpc) is 3.00. The summed E-state index contributed by atoms with van der Waals surface area (Å²) in [7, 11) is -0.480. The van der Waals surface area contributed by atoms with Gasteiger partial charge in [0.05, 0.1) is 18.3 Å². The summed E-state index contributed by atoms with van der Waals surface area (Å²) < 4.78 is 20.8. The third kappa shape index (κ3) is 3.16. The lowest BCUT2D eigenvalue weighted by Gasteiger charge is -2.38. The van der Waals surface area contributed by atoms with Gasteiger partial charge in [-0.05, 0) is 57.1 Å². The molecule has 1 aliphatic heterocycles. The van der Waals surface area contributed by atoms with Crippen LogP contribution in [-0.4, -0.2) is 37.9 Å². The molecule has 0 aliphatic carbocycles. The van der Waals surface area contributed by atoms with E-state index >= 15 is 0 Å². The molecule has 1 aliphatic rings. The Morgan fingerprint density at radius 2 is 1.59 bits per heavy atom. The highest BCUT2D eigenvalue weighted by atomic mass is 28.3. The zero-order valence-electron chi connectivity index (χ0n) is 18.6. The Bertz CT molecular complexity index is 848. The Hall–Kier alpha value is -1.24. The van der Waals surface area contributed by atoms with Crippen molar-refractivity contribution in [1.82, 2.24) is 4.23 Å². The van der Waals surface area contributed by atoms with Crippen LogP contribution in [0.2, 0.25) is 18.1 Å². The monoisotopic (exact) mass is 387 g/mol. The SMILES string of the molecule is COc1ccc2c(c1)c(B1OC(C)(C)C(C)(C)O1)cn2[Si](C)(C)C(C)(C)C. The van der Waals surface area contributed by atoms with Gasteiger partial charge < -0.3 is 18.3 Å². The van der Waals surface area contributed by atoms with Crippen LogP contribution in [0.4, 0.5) is 0 Å². The predicted molar refractivity (Wildman–Crippen MR) is 117 cm³/mol. The molecule has 0 spiro atoms. The second kappa shape index (κ2) is 6.13. The molecule has 148 valence electrons. The average molecular weight is 387 g/mol. The summed E-state index contributed by atoms with van der Waals surface area (Å²) in [5, 5.41) is 1.36. The molecule has 1 saturated heterocycles. The van der Waals surface area contributed by atoms with Crippen LogP contribution in [-0.2, 0) is 9.31 Å². The lowest BCUT2D eigenvalue weighted by Crippen LogP contribution is -2.45. The Balaban J connectivity index is 2.22. The van der Waals surface area contributed by atoms with Crippen LogP contribution in [0.15, 0.2) is 24.4 Å². The van der Waals surface area contributed by atoms with Gasteiger partial charge >= 0.3 is 7.12 Å². The van der Waals surface area contributed by atoms with Gasteiger partial charge in [0.2, 0.25) is 0 Å². The van der Waals surface area contributed by atoms with E-state index in [2.05, 4.69) is 84.1 Å². The molecule has 0 N–H and O–H groups in total. The van der Waals surface area contributed by atoms with Crippen LogP contribution in [0.25, 0.3) is 10.9 Å². The van der Waals surface area contributed by atoms with Crippen molar-refractivity contribution >= 4 is 31.7 Å². The molecule has 6 heteroatoms. The molecule has 4 nitrogen and oxygen atoms in total. The topological polar surface area (TPSA) is 32.6 Å². The fraction of sp³-hybridized carbons (Fsp3) is 0.619. The third-order valence-corrected chi connectivity index (χ3v) is 12.2. The van der Waals surface area contributed by atoms with Gasteiger partial charge in [-0.1, -0.05) is 33.9 Å². The Labute approximate surface area is 165 Å². The minimum atomic E-state index is -1.81. The largest absolute Gasteiger partial charge is 0.497 e. The molecule has 0 bridgehead atoms. The van der Waals surface area contributed by atoms with Crippen molar-refractivity contribution in [3.63, 3.8) is 0 Å². The van der Waals surface area contributed by atoms with Crippen molar-refractivity contribution in [1.29, 1.82) is 0 Å². The highest BCUT2D eigenvalue weighted by Gasteiger charge is 2.53. The summed E-state index contributed by atoms with van der Waals surface area (Å²) in [4.78, 5) is 0. The fourth-order valence-electron chi connectivity index (χ4n) is 3.34. The maximum Gasteiger partial charge on any atom is 0.497 e. The number of benzene rings is 1. The molecule has 0 amide bonds. The van der Waals surface area contributed by atoms with Crippen molar-refractivity contribution in [2.75, 3.05) is 7.11 Å². The molecule has 1 aromatic carbocycles. The van der Waals surface area contributed by atoms with E-state index in [0.29, 0.717) is 0 Å². The fourth-order valence-corrected chi connectivity index (χ4v) is 5.33. The number of nitrogens with zero attached hydrogens (tertiary/aromatic N) is 1. The van der Waals surface area contributed by atoms with Gasteiger partial charge in [0, 0.05) is 16.4 Å². The summed E-state index contributed by atoms with van der Waals surface area (Å²) in [6.07, 6.45) is 2.27. The van der Waals surface area contributed by atoms with Gasteiger partial charge in [-0.2, -0.15) is 0 Å². The van der Waals surface area contributed by atoms with Crippen LogP contribution in [0, 0.1) is 0 Å². The molecule has 0 unspecified atom stereocenters. The van der Waals surface area contributed by atoms with E-state index in [1.165, 1.54) is 5.52 Å². The quantitative estimate of drug-likeness (QED) is 0.709. The second-order valence-electron chi connectivity index (χ2n) is 10.2. The summed E-state index contributed by atoms with van der Waals surface area (Å²) in [5.74, 6) is 0.855.